The largest absolute Gasteiger partial charge is 0.507 e. The molecule has 0 radical (unpaired) electrons. The zero-order valence-electron chi connectivity index (χ0n) is 13.2. The minimum atomic E-state index is -1.05. The van der Waals surface area contributed by atoms with E-state index in [1.807, 2.05) is 0 Å². The van der Waals surface area contributed by atoms with Crippen LogP contribution in [0.25, 0.3) is 6.08 Å². The summed E-state index contributed by atoms with van der Waals surface area (Å²) >= 11 is 1.13. The molecule has 0 saturated heterocycles. The summed E-state index contributed by atoms with van der Waals surface area (Å²) in [5, 5.41) is 19.5. The zero-order chi connectivity index (χ0) is 18.0. The smallest absolute Gasteiger partial charge is 0.337 e. The molecule has 25 heavy (non-hydrogen) atoms. The van der Waals surface area contributed by atoms with Gasteiger partial charge in [0.05, 0.1) is 16.2 Å². The fourth-order valence-electron chi connectivity index (χ4n) is 2.34. The Morgan fingerprint density at radius 1 is 1.16 bits per heavy atom. The van der Waals surface area contributed by atoms with Gasteiger partial charge in [-0.05, 0) is 36.0 Å². The Balaban J connectivity index is 1.89. The molecule has 1 heterocycles. The number of hydrogen-bond donors (Lipinski definition) is 2. The third kappa shape index (κ3) is 3.41. The maximum Gasteiger partial charge on any atom is 0.337 e. The van der Waals surface area contributed by atoms with Crippen LogP contribution in [0.3, 0.4) is 0 Å². The molecule has 0 aliphatic carbocycles. The number of carbonyl (C=O) groups is 2. The molecule has 0 atom stereocenters. The molecule has 2 aromatic carbocycles. The van der Waals surface area contributed by atoms with Gasteiger partial charge in [-0.15, -0.1) is 0 Å². The van der Waals surface area contributed by atoms with Crippen LogP contribution in [-0.4, -0.2) is 34.3 Å². The lowest BCUT2D eigenvalue weighted by atomic mass is 10.1. The van der Waals surface area contributed by atoms with E-state index in [9.17, 15) is 19.8 Å². The number of thioether (sulfide) groups is 1. The number of benzene rings is 2. The fraction of sp³-hybridized carbons (Fsp3) is 0.0556. The number of carboxylic acid groups (broad SMARTS) is 1. The van der Waals surface area contributed by atoms with Crippen LogP contribution in [0.1, 0.15) is 15.9 Å². The molecule has 1 amide bonds. The average Bonchev–Trinajstić information content (AvgIpc) is 2.97. The van der Waals surface area contributed by atoms with Crippen LogP contribution in [0, 0.1) is 0 Å². The van der Waals surface area contributed by atoms with E-state index in [0.29, 0.717) is 21.3 Å². The van der Waals surface area contributed by atoms with Gasteiger partial charge in [0.2, 0.25) is 0 Å². The predicted molar refractivity (Wildman–Crippen MR) is 97.9 cm³/mol. The molecule has 3 rings (SSSR count). The summed E-state index contributed by atoms with van der Waals surface area (Å²) in [4.78, 5) is 29.4. The van der Waals surface area contributed by atoms with Crippen LogP contribution in [0.15, 0.2) is 58.4 Å². The molecule has 0 bridgehead atoms. The molecule has 1 aliphatic rings. The Bertz CT molecular complexity index is 921. The number of phenols is 1. The number of rotatable bonds is 3. The molecule has 7 heteroatoms. The molecule has 0 aromatic heterocycles. The van der Waals surface area contributed by atoms with Crippen molar-refractivity contribution in [2.45, 2.75) is 0 Å². The number of aromatic carboxylic acids is 1. The average molecular weight is 354 g/mol. The van der Waals surface area contributed by atoms with Gasteiger partial charge in [-0.2, -0.15) is 4.99 Å². The quantitative estimate of drug-likeness (QED) is 0.823. The first kappa shape index (κ1) is 16.8. The van der Waals surface area contributed by atoms with Gasteiger partial charge in [0.15, 0.2) is 5.17 Å². The van der Waals surface area contributed by atoms with Crippen molar-refractivity contribution in [2.24, 2.45) is 4.99 Å². The maximum absolute atomic E-state index is 12.2. The Labute approximate surface area is 148 Å². The number of amidine groups is 1. The second kappa shape index (κ2) is 6.82. The number of para-hydroxylation sites is 2. The molecule has 0 spiro atoms. The molecule has 1 aliphatic heterocycles. The van der Waals surface area contributed by atoms with Crippen molar-refractivity contribution < 1.29 is 19.8 Å². The highest BCUT2D eigenvalue weighted by Gasteiger charge is 2.27. The first-order chi connectivity index (χ1) is 12.0. The van der Waals surface area contributed by atoms with Crippen LogP contribution < -0.4 is 4.90 Å². The van der Waals surface area contributed by atoms with Gasteiger partial charge in [0, 0.05) is 12.6 Å². The van der Waals surface area contributed by atoms with Gasteiger partial charge in [0.1, 0.15) is 5.75 Å². The molecule has 126 valence electrons. The number of aliphatic imine (C=N–C) groups is 1. The van der Waals surface area contributed by atoms with Gasteiger partial charge in [-0.25, -0.2) is 4.79 Å². The van der Waals surface area contributed by atoms with Crippen LogP contribution in [0.2, 0.25) is 0 Å². The Morgan fingerprint density at radius 3 is 2.56 bits per heavy atom. The number of phenolic OH excluding ortho intramolecular Hbond substituents is 1. The van der Waals surface area contributed by atoms with Crippen LogP contribution in [0.5, 0.6) is 5.75 Å². The van der Waals surface area contributed by atoms with Crippen molar-refractivity contribution in [3.63, 3.8) is 0 Å². The van der Waals surface area contributed by atoms with E-state index in [0.717, 1.165) is 11.8 Å². The molecular formula is C18H14N2O4S. The van der Waals surface area contributed by atoms with Crippen molar-refractivity contribution in [1.82, 2.24) is 0 Å². The third-order valence-electron chi connectivity index (χ3n) is 3.62. The number of carbonyl (C=O) groups excluding carboxylic acids is 1. The van der Waals surface area contributed by atoms with Crippen molar-refractivity contribution in [3.8, 4) is 5.75 Å². The first-order valence-corrected chi connectivity index (χ1v) is 8.15. The topological polar surface area (TPSA) is 90.2 Å². The highest BCUT2D eigenvalue weighted by molar-refractivity contribution is 8.18. The summed E-state index contributed by atoms with van der Waals surface area (Å²) in [6.07, 6.45) is 1.57. The van der Waals surface area contributed by atoms with E-state index < -0.39 is 11.9 Å². The van der Waals surface area contributed by atoms with Gasteiger partial charge in [-0.1, -0.05) is 30.3 Å². The number of hydrogen-bond acceptors (Lipinski definition) is 5. The monoisotopic (exact) mass is 354 g/mol. The standard InChI is InChI=1S/C18H14N2O4S/c1-20(13-8-4-3-7-12(13)17(23)24)18-19-16(22)15(25-18)10-11-6-2-5-9-14(11)21/h2-10,21H,1H3,(H,23,24)/b15-10-. The molecule has 2 aromatic rings. The lowest BCUT2D eigenvalue weighted by molar-refractivity contribution is -0.113. The van der Waals surface area contributed by atoms with Crippen LogP contribution in [-0.2, 0) is 4.79 Å². The van der Waals surface area contributed by atoms with E-state index in [1.54, 1.807) is 54.4 Å². The van der Waals surface area contributed by atoms with Gasteiger partial charge >= 0.3 is 5.97 Å². The molecule has 6 nitrogen and oxygen atoms in total. The Kier molecular flexibility index (Phi) is 4.58. The van der Waals surface area contributed by atoms with Crippen LogP contribution in [0.4, 0.5) is 5.69 Å². The van der Waals surface area contributed by atoms with E-state index in [-0.39, 0.29) is 11.3 Å². The zero-order valence-corrected chi connectivity index (χ0v) is 14.0. The third-order valence-corrected chi connectivity index (χ3v) is 4.68. The lowest BCUT2D eigenvalue weighted by Crippen LogP contribution is -2.24. The summed E-state index contributed by atoms with van der Waals surface area (Å²) in [5.41, 5.74) is 1.08. The number of anilines is 1. The minimum absolute atomic E-state index is 0.0708. The van der Waals surface area contributed by atoms with Crippen molar-refractivity contribution >= 4 is 40.6 Å². The predicted octanol–water partition coefficient (Wildman–Crippen LogP) is 3.20. The van der Waals surface area contributed by atoms with Gasteiger partial charge < -0.3 is 15.1 Å². The maximum atomic E-state index is 12.2. The summed E-state index contributed by atoms with van der Waals surface area (Å²) in [5.74, 6) is -1.41. The van der Waals surface area contributed by atoms with E-state index in [2.05, 4.69) is 4.99 Å². The van der Waals surface area contributed by atoms with Crippen molar-refractivity contribution in [1.29, 1.82) is 0 Å². The fourth-order valence-corrected chi connectivity index (χ4v) is 3.22. The highest BCUT2D eigenvalue weighted by atomic mass is 32.2. The number of carboxylic acids is 1. The van der Waals surface area contributed by atoms with E-state index in [4.69, 9.17) is 0 Å². The van der Waals surface area contributed by atoms with Crippen molar-refractivity contribution in [3.05, 3.63) is 64.6 Å². The molecule has 2 N–H and O–H groups in total. The molecule has 0 fully saturated rings. The summed E-state index contributed by atoms with van der Waals surface area (Å²) in [6.45, 7) is 0. The summed E-state index contributed by atoms with van der Waals surface area (Å²) < 4.78 is 0. The normalized spacial score (nSPS) is 15.3. The Hall–Kier alpha value is -3.06. The molecule has 0 unspecified atom stereocenters. The number of aromatic hydroxyl groups is 1. The minimum Gasteiger partial charge on any atom is -0.507 e. The van der Waals surface area contributed by atoms with Crippen LogP contribution >= 0.6 is 11.8 Å². The lowest BCUT2D eigenvalue weighted by Gasteiger charge is -2.19. The Morgan fingerprint density at radius 2 is 1.84 bits per heavy atom. The first-order valence-electron chi connectivity index (χ1n) is 7.34. The number of amides is 1. The highest BCUT2D eigenvalue weighted by Crippen LogP contribution is 2.34. The van der Waals surface area contributed by atoms with Crippen molar-refractivity contribution in [2.75, 3.05) is 11.9 Å². The summed E-state index contributed by atoms with van der Waals surface area (Å²) in [6, 6.07) is 13.2. The second-order valence-electron chi connectivity index (χ2n) is 5.25. The SMILES string of the molecule is CN(C1=NC(=O)/C(=C/c2ccccc2O)S1)c1ccccc1C(=O)O. The van der Waals surface area contributed by atoms with Gasteiger partial charge in [-0.3, -0.25) is 4.79 Å². The number of nitrogens with zero attached hydrogens (tertiary/aromatic N) is 2. The van der Waals surface area contributed by atoms with E-state index >= 15 is 0 Å². The molecule has 0 saturated carbocycles. The van der Waals surface area contributed by atoms with E-state index in [1.165, 1.54) is 12.1 Å². The summed E-state index contributed by atoms with van der Waals surface area (Å²) in [7, 11) is 1.66. The second-order valence-corrected chi connectivity index (χ2v) is 6.26. The molecular weight excluding hydrogens is 340 g/mol. The van der Waals surface area contributed by atoms with Gasteiger partial charge in [0.25, 0.3) is 5.91 Å².